The van der Waals surface area contributed by atoms with Crippen molar-refractivity contribution in [3.8, 4) is 5.75 Å². The highest BCUT2D eigenvalue weighted by atomic mass is 16.3. The molecule has 6 aliphatic rings. The van der Waals surface area contributed by atoms with E-state index in [0.717, 1.165) is 69.4 Å². The molecule has 3 amide bonds. The number of anilines is 2. The van der Waals surface area contributed by atoms with E-state index in [9.17, 15) is 19.5 Å². The second-order valence-electron chi connectivity index (χ2n) is 18.6. The molecule has 3 aromatic carbocycles. The number of phenolic OH excluding ortho intramolecular Hbond substituents is 1. The van der Waals surface area contributed by atoms with Crippen molar-refractivity contribution in [3.05, 3.63) is 88.5 Å². The number of hydrogen-bond acceptors (Lipinski definition) is 7. The van der Waals surface area contributed by atoms with Crippen molar-refractivity contribution in [1.82, 2.24) is 15.1 Å². The number of carbonyl (C=O) groups excluding carboxylic acids is 3. The number of phenols is 1. The summed E-state index contributed by atoms with van der Waals surface area (Å²) in [5.74, 6) is 2.17. The molecular formula is C47H59N5O4. The second kappa shape index (κ2) is 15.2. The van der Waals surface area contributed by atoms with Crippen LogP contribution in [0.25, 0.3) is 0 Å². The lowest BCUT2D eigenvalue weighted by molar-refractivity contribution is -0.136. The third-order valence-corrected chi connectivity index (χ3v) is 14.6. The summed E-state index contributed by atoms with van der Waals surface area (Å²) in [4.78, 5) is 46.6. The lowest BCUT2D eigenvalue weighted by atomic mass is 9.61. The van der Waals surface area contributed by atoms with Crippen molar-refractivity contribution in [2.45, 2.75) is 96.6 Å². The lowest BCUT2D eigenvalue weighted by Gasteiger charge is -2.44. The first-order chi connectivity index (χ1) is 27.1. The van der Waals surface area contributed by atoms with Gasteiger partial charge in [-0.05, 0) is 146 Å². The maximum atomic E-state index is 13.2. The van der Waals surface area contributed by atoms with Crippen LogP contribution in [0.1, 0.15) is 110 Å². The average Bonchev–Trinajstić information content (AvgIpc) is 3.53. The van der Waals surface area contributed by atoms with E-state index in [0.29, 0.717) is 47.4 Å². The van der Waals surface area contributed by atoms with Gasteiger partial charge in [0.05, 0.1) is 0 Å². The summed E-state index contributed by atoms with van der Waals surface area (Å²) in [6.45, 7) is 12.6. The molecule has 9 heteroatoms. The van der Waals surface area contributed by atoms with Crippen molar-refractivity contribution in [2.24, 2.45) is 23.2 Å². The zero-order valence-electron chi connectivity index (χ0n) is 33.3. The predicted molar refractivity (Wildman–Crippen MR) is 220 cm³/mol. The number of hydrogen-bond donors (Lipinski definition) is 2. The quantitative estimate of drug-likeness (QED) is 0.249. The van der Waals surface area contributed by atoms with Gasteiger partial charge in [-0.1, -0.05) is 32.0 Å². The first kappa shape index (κ1) is 37.2. The normalized spacial score (nSPS) is 26.3. The van der Waals surface area contributed by atoms with Crippen LogP contribution in [0.15, 0.2) is 60.7 Å². The van der Waals surface area contributed by atoms with Crippen LogP contribution in [0.3, 0.4) is 0 Å². The maximum Gasteiger partial charge on any atom is 0.255 e. The lowest BCUT2D eigenvalue weighted by Crippen LogP contribution is -2.52. The fraction of sp³-hybridized carbons (Fsp3) is 0.553. The van der Waals surface area contributed by atoms with E-state index in [4.69, 9.17) is 0 Å². The summed E-state index contributed by atoms with van der Waals surface area (Å²) >= 11 is 0. The fourth-order valence-corrected chi connectivity index (χ4v) is 11.2. The van der Waals surface area contributed by atoms with Gasteiger partial charge >= 0.3 is 0 Å². The van der Waals surface area contributed by atoms with Crippen molar-refractivity contribution in [3.63, 3.8) is 0 Å². The molecule has 2 N–H and O–H groups in total. The van der Waals surface area contributed by atoms with Crippen molar-refractivity contribution in [2.75, 3.05) is 55.6 Å². The van der Waals surface area contributed by atoms with Gasteiger partial charge in [-0.2, -0.15) is 0 Å². The number of amides is 3. The van der Waals surface area contributed by atoms with Gasteiger partial charge in [0.25, 0.3) is 5.91 Å². The molecule has 0 spiro atoms. The molecule has 56 heavy (non-hydrogen) atoms. The Bertz CT molecular complexity index is 1950. The van der Waals surface area contributed by atoms with Crippen molar-refractivity contribution < 1.29 is 19.5 Å². The number of nitrogens with one attached hydrogen (secondary N) is 1. The van der Waals surface area contributed by atoms with Crippen LogP contribution in [-0.2, 0) is 22.6 Å². The molecule has 0 bridgehead atoms. The number of piperazine rings is 1. The van der Waals surface area contributed by atoms with E-state index >= 15 is 0 Å². The minimum Gasteiger partial charge on any atom is -0.508 e. The highest BCUT2D eigenvalue weighted by molar-refractivity contribution is 6.05. The molecule has 296 valence electrons. The smallest absolute Gasteiger partial charge is 0.255 e. The summed E-state index contributed by atoms with van der Waals surface area (Å²) in [6, 6.07) is 21.2. The number of nitrogens with zero attached hydrogens (tertiary/aromatic N) is 4. The Labute approximate surface area is 332 Å². The van der Waals surface area contributed by atoms with E-state index in [1.165, 1.54) is 67.3 Å². The van der Waals surface area contributed by atoms with Crippen LogP contribution >= 0.6 is 0 Å². The summed E-state index contributed by atoms with van der Waals surface area (Å²) in [7, 11) is 0. The van der Waals surface area contributed by atoms with Crippen LogP contribution in [0.4, 0.5) is 11.4 Å². The SMILES string of the molecule is CC1(C)CCC([C@@H]2CCc3cc(O)ccc3[C@@H]2c2ccc(N3CCC(CN4CCN(c5ccc6c(c5)CN([C@H]5CCC(=O)NC5=O)C6=O)CC4)CC3)cc2)CC1. The Morgan fingerprint density at radius 1 is 0.732 bits per heavy atom. The Morgan fingerprint density at radius 2 is 1.45 bits per heavy atom. The molecule has 4 heterocycles. The molecular weight excluding hydrogens is 699 g/mol. The molecule has 0 radical (unpaired) electrons. The molecule has 0 unspecified atom stereocenters. The van der Waals surface area contributed by atoms with Crippen LogP contribution in [0.2, 0.25) is 0 Å². The Kier molecular flexibility index (Phi) is 10.1. The van der Waals surface area contributed by atoms with Crippen LogP contribution in [0.5, 0.6) is 5.75 Å². The van der Waals surface area contributed by atoms with Gasteiger partial charge in [-0.3, -0.25) is 24.6 Å². The molecule has 3 saturated heterocycles. The molecule has 0 aromatic heterocycles. The Morgan fingerprint density at radius 3 is 2.18 bits per heavy atom. The van der Waals surface area contributed by atoms with Gasteiger partial charge in [0.1, 0.15) is 11.8 Å². The molecule has 3 atom stereocenters. The third-order valence-electron chi connectivity index (χ3n) is 14.6. The van der Waals surface area contributed by atoms with E-state index in [1.54, 1.807) is 4.90 Å². The zero-order valence-corrected chi connectivity index (χ0v) is 33.3. The summed E-state index contributed by atoms with van der Waals surface area (Å²) in [6.07, 6.45) is 10.7. The minimum atomic E-state index is -0.582. The molecule has 4 fully saturated rings. The van der Waals surface area contributed by atoms with E-state index in [-0.39, 0.29) is 24.1 Å². The monoisotopic (exact) mass is 757 g/mol. The number of carbonyl (C=O) groups is 3. The molecule has 2 aliphatic carbocycles. The Hall–Kier alpha value is -4.37. The summed E-state index contributed by atoms with van der Waals surface area (Å²) < 4.78 is 0. The highest BCUT2D eigenvalue weighted by Gasteiger charge is 2.41. The number of benzene rings is 3. The van der Waals surface area contributed by atoms with Gasteiger partial charge < -0.3 is 19.8 Å². The van der Waals surface area contributed by atoms with Gasteiger partial charge in [0, 0.05) is 81.6 Å². The van der Waals surface area contributed by atoms with Gasteiger partial charge in [0.2, 0.25) is 11.8 Å². The number of aromatic hydroxyl groups is 1. The molecule has 9 rings (SSSR count). The maximum absolute atomic E-state index is 13.2. The van der Waals surface area contributed by atoms with E-state index < -0.39 is 6.04 Å². The number of imide groups is 1. The topological polar surface area (TPSA) is 96.4 Å². The van der Waals surface area contributed by atoms with Crippen LogP contribution in [-0.4, -0.2) is 84.5 Å². The molecule has 4 aliphatic heterocycles. The summed E-state index contributed by atoms with van der Waals surface area (Å²) in [5, 5.41) is 12.7. The first-order valence-electron chi connectivity index (χ1n) is 21.5. The standard InChI is InChI=1S/C47H59N5O4/c1-47(2)19-15-32(16-20-47)39-10-5-34-28-38(53)9-12-40(34)44(39)33-3-6-36(7-4-33)50-21-17-31(18-22-50)29-49-23-25-51(26-24-49)37-8-11-41-35(27-37)30-52(46(41)56)42-13-14-43(54)48-45(42)55/h3-4,6-9,11-12,27-28,31-32,39,42,44,53H,5,10,13-26,29-30H2,1-2H3,(H,48,54,55)/t39-,42-,44+/m0/s1. The number of rotatable bonds is 7. The minimum absolute atomic E-state index is 0.116. The largest absolute Gasteiger partial charge is 0.508 e. The second-order valence-corrected chi connectivity index (χ2v) is 18.6. The fourth-order valence-electron chi connectivity index (χ4n) is 11.2. The van der Waals surface area contributed by atoms with Gasteiger partial charge in [-0.25, -0.2) is 0 Å². The summed E-state index contributed by atoms with van der Waals surface area (Å²) in [5.41, 5.74) is 8.79. The Balaban J connectivity index is 0.776. The highest BCUT2D eigenvalue weighted by Crippen LogP contribution is 2.51. The number of piperidine rings is 2. The van der Waals surface area contributed by atoms with Gasteiger partial charge in [-0.15, -0.1) is 0 Å². The zero-order chi connectivity index (χ0) is 38.6. The number of aryl methyl sites for hydroxylation is 1. The molecule has 3 aromatic rings. The first-order valence-corrected chi connectivity index (χ1v) is 21.5. The van der Waals surface area contributed by atoms with Crippen LogP contribution < -0.4 is 15.1 Å². The van der Waals surface area contributed by atoms with E-state index in [2.05, 4.69) is 76.3 Å². The average molecular weight is 758 g/mol. The van der Waals surface area contributed by atoms with Crippen LogP contribution in [0, 0.1) is 23.2 Å². The van der Waals surface area contributed by atoms with Crippen molar-refractivity contribution >= 4 is 29.1 Å². The molecule has 9 nitrogen and oxygen atoms in total. The third kappa shape index (κ3) is 7.44. The van der Waals surface area contributed by atoms with Gasteiger partial charge in [0.15, 0.2) is 0 Å². The predicted octanol–water partition coefficient (Wildman–Crippen LogP) is 7.10. The van der Waals surface area contributed by atoms with Crippen molar-refractivity contribution in [1.29, 1.82) is 0 Å². The number of fused-ring (bicyclic) bond motifs is 2. The molecule has 1 saturated carbocycles. The van der Waals surface area contributed by atoms with E-state index in [1.807, 2.05) is 18.2 Å².